The van der Waals surface area contributed by atoms with Crippen molar-refractivity contribution in [2.45, 2.75) is 39.7 Å². The highest BCUT2D eigenvalue weighted by Gasteiger charge is 2.42. The first kappa shape index (κ1) is 19.4. The van der Waals surface area contributed by atoms with Crippen LogP contribution in [0.1, 0.15) is 33.3 Å². The zero-order valence-corrected chi connectivity index (χ0v) is 14.2. The average molecular weight is 329 g/mol. The Labute approximate surface area is 135 Å². The third-order valence-corrected chi connectivity index (χ3v) is 3.87. The maximum Gasteiger partial charge on any atom is 0.349 e. The lowest BCUT2D eigenvalue weighted by Crippen LogP contribution is -2.47. The highest BCUT2D eigenvalue weighted by Crippen LogP contribution is 2.31. The number of hydrogen-bond donors (Lipinski definition) is 2. The second-order valence-corrected chi connectivity index (χ2v) is 6.66. The van der Waals surface area contributed by atoms with E-state index in [2.05, 4.69) is 5.32 Å². The van der Waals surface area contributed by atoms with Crippen molar-refractivity contribution in [3.63, 3.8) is 0 Å². The number of nitrogens with one attached hydrogen (secondary N) is 1. The number of hydrogen-bond acceptors (Lipinski definition) is 3. The average Bonchev–Trinajstić information content (AvgIpc) is 2.51. The van der Waals surface area contributed by atoms with Crippen molar-refractivity contribution in [1.29, 1.82) is 0 Å². The minimum atomic E-state index is -3.65. The Bertz CT molecular complexity index is 527. The van der Waals surface area contributed by atoms with E-state index in [-0.39, 0.29) is 12.5 Å². The molecule has 0 saturated carbocycles. The third kappa shape index (κ3) is 4.64. The SMILES string of the molecule is COc1ccc(C(F)(F)C(=O)NCC(C)(C)C(O)C(C)C)cc1. The second-order valence-electron chi connectivity index (χ2n) is 6.66. The fourth-order valence-corrected chi connectivity index (χ4v) is 2.36. The summed E-state index contributed by atoms with van der Waals surface area (Å²) in [4.78, 5) is 11.9. The first-order chi connectivity index (χ1) is 10.5. The van der Waals surface area contributed by atoms with Crippen molar-refractivity contribution in [1.82, 2.24) is 5.32 Å². The number of amides is 1. The molecule has 1 unspecified atom stereocenters. The smallest absolute Gasteiger partial charge is 0.349 e. The Balaban J connectivity index is 2.79. The summed E-state index contributed by atoms with van der Waals surface area (Å²) in [5.74, 6) is -4.63. The van der Waals surface area contributed by atoms with Crippen molar-refractivity contribution in [2.24, 2.45) is 11.3 Å². The van der Waals surface area contributed by atoms with Gasteiger partial charge in [0.1, 0.15) is 5.75 Å². The Morgan fingerprint density at radius 2 is 1.78 bits per heavy atom. The van der Waals surface area contributed by atoms with Gasteiger partial charge in [0.15, 0.2) is 0 Å². The molecule has 6 heteroatoms. The van der Waals surface area contributed by atoms with Crippen LogP contribution in [-0.2, 0) is 10.7 Å². The predicted molar refractivity (Wildman–Crippen MR) is 84.5 cm³/mol. The molecule has 0 spiro atoms. The Morgan fingerprint density at radius 1 is 1.26 bits per heavy atom. The summed E-state index contributed by atoms with van der Waals surface area (Å²) in [5, 5.41) is 12.3. The maximum atomic E-state index is 14.2. The number of methoxy groups -OCH3 is 1. The number of alkyl halides is 2. The highest BCUT2D eigenvalue weighted by atomic mass is 19.3. The Kier molecular flexibility index (Phi) is 6.11. The number of aliphatic hydroxyl groups is 1. The van der Waals surface area contributed by atoms with Gasteiger partial charge in [0.25, 0.3) is 5.91 Å². The molecular formula is C17H25F2NO3. The summed E-state index contributed by atoms with van der Waals surface area (Å²) >= 11 is 0. The van der Waals surface area contributed by atoms with Crippen LogP contribution in [0.3, 0.4) is 0 Å². The molecule has 4 nitrogen and oxygen atoms in total. The molecule has 0 aliphatic rings. The number of benzene rings is 1. The van der Waals surface area contributed by atoms with E-state index >= 15 is 0 Å². The molecule has 0 aromatic heterocycles. The van der Waals surface area contributed by atoms with Crippen molar-refractivity contribution in [2.75, 3.05) is 13.7 Å². The van der Waals surface area contributed by atoms with E-state index in [0.29, 0.717) is 5.75 Å². The summed E-state index contributed by atoms with van der Waals surface area (Å²) in [7, 11) is 1.43. The fraction of sp³-hybridized carbons (Fsp3) is 0.588. The van der Waals surface area contributed by atoms with E-state index in [1.54, 1.807) is 13.8 Å². The molecule has 1 amide bonds. The first-order valence-corrected chi connectivity index (χ1v) is 7.51. The first-order valence-electron chi connectivity index (χ1n) is 7.51. The second kappa shape index (κ2) is 7.25. The van der Waals surface area contributed by atoms with Gasteiger partial charge in [-0.1, -0.05) is 27.7 Å². The summed E-state index contributed by atoms with van der Waals surface area (Å²) in [6, 6.07) is 5.07. The number of carbonyl (C=O) groups is 1. The van der Waals surface area contributed by atoms with Crippen LogP contribution in [0.4, 0.5) is 8.78 Å². The zero-order valence-electron chi connectivity index (χ0n) is 14.2. The van der Waals surface area contributed by atoms with Crippen LogP contribution >= 0.6 is 0 Å². The van der Waals surface area contributed by atoms with Crippen molar-refractivity contribution in [3.05, 3.63) is 29.8 Å². The molecule has 0 aliphatic heterocycles. The molecule has 2 N–H and O–H groups in total. The number of halogens is 2. The molecule has 23 heavy (non-hydrogen) atoms. The topological polar surface area (TPSA) is 58.6 Å². The summed E-state index contributed by atoms with van der Waals surface area (Å²) in [6.07, 6.45) is -0.711. The highest BCUT2D eigenvalue weighted by molar-refractivity contribution is 5.84. The molecule has 1 aromatic carbocycles. The monoisotopic (exact) mass is 329 g/mol. The van der Waals surface area contributed by atoms with E-state index in [1.807, 2.05) is 13.8 Å². The normalized spacial score (nSPS) is 13.8. The lowest BCUT2D eigenvalue weighted by molar-refractivity contribution is -0.148. The minimum Gasteiger partial charge on any atom is -0.497 e. The van der Waals surface area contributed by atoms with Crippen LogP contribution < -0.4 is 10.1 Å². The van der Waals surface area contributed by atoms with Crippen LogP contribution in [0.25, 0.3) is 0 Å². The molecule has 1 aromatic rings. The Morgan fingerprint density at radius 3 is 2.22 bits per heavy atom. The van der Waals surface area contributed by atoms with Crippen molar-refractivity contribution >= 4 is 5.91 Å². The summed E-state index contributed by atoms with van der Waals surface area (Å²) in [6.45, 7) is 7.07. The summed E-state index contributed by atoms with van der Waals surface area (Å²) in [5.41, 5.74) is -1.11. The van der Waals surface area contributed by atoms with Gasteiger partial charge in [0, 0.05) is 17.5 Å². The molecule has 130 valence electrons. The van der Waals surface area contributed by atoms with Gasteiger partial charge in [0.05, 0.1) is 13.2 Å². The molecule has 0 heterocycles. The van der Waals surface area contributed by atoms with Crippen LogP contribution in [0.5, 0.6) is 5.75 Å². The molecule has 0 bridgehead atoms. The van der Waals surface area contributed by atoms with Crippen LogP contribution in [-0.4, -0.2) is 30.8 Å². The van der Waals surface area contributed by atoms with Gasteiger partial charge in [-0.2, -0.15) is 8.78 Å². The zero-order chi connectivity index (χ0) is 17.8. The molecule has 0 aliphatic carbocycles. The molecule has 0 fully saturated rings. The number of rotatable bonds is 7. The quantitative estimate of drug-likeness (QED) is 0.808. The van der Waals surface area contributed by atoms with Crippen LogP contribution in [0, 0.1) is 11.3 Å². The van der Waals surface area contributed by atoms with Gasteiger partial charge in [-0.3, -0.25) is 4.79 Å². The standard InChI is InChI=1S/C17H25F2NO3/c1-11(2)14(21)16(3,4)10-20-15(22)17(18,19)12-6-8-13(23-5)9-7-12/h6-9,11,14,21H,10H2,1-5H3,(H,20,22). The van der Waals surface area contributed by atoms with E-state index in [4.69, 9.17) is 4.74 Å². The lowest BCUT2D eigenvalue weighted by Gasteiger charge is -2.33. The van der Waals surface area contributed by atoms with Gasteiger partial charge < -0.3 is 15.2 Å². The maximum absolute atomic E-state index is 14.2. The van der Waals surface area contributed by atoms with E-state index in [0.717, 1.165) is 12.1 Å². The molecule has 0 radical (unpaired) electrons. The third-order valence-electron chi connectivity index (χ3n) is 3.87. The van der Waals surface area contributed by atoms with Gasteiger partial charge in [-0.05, 0) is 30.2 Å². The van der Waals surface area contributed by atoms with Gasteiger partial charge in [-0.15, -0.1) is 0 Å². The van der Waals surface area contributed by atoms with Crippen LogP contribution in [0.15, 0.2) is 24.3 Å². The number of aliphatic hydroxyl groups excluding tert-OH is 1. The van der Waals surface area contributed by atoms with Gasteiger partial charge in [-0.25, -0.2) is 0 Å². The largest absolute Gasteiger partial charge is 0.497 e. The van der Waals surface area contributed by atoms with Gasteiger partial charge >= 0.3 is 5.92 Å². The molecule has 1 rings (SSSR count). The van der Waals surface area contributed by atoms with Crippen molar-refractivity contribution < 1.29 is 23.4 Å². The minimum absolute atomic E-state index is 0.0380. The molecule has 1 atom stereocenters. The van der Waals surface area contributed by atoms with Crippen molar-refractivity contribution in [3.8, 4) is 5.75 Å². The predicted octanol–water partition coefficient (Wildman–Crippen LogP) is 2.95. The van der Waals surface area contributed by atoms with E-state index in [9.17, 15) is 18.7 Å². The lowest BCUT2D eigenvalue weighted by atomic mass is 9.80. The fourth-order valence-electron chi connectivity index (χ4n) is 2.36. The number of carbonyl (C=O) groups excluding carboxylic acids is 1. The van der Waals surface area contributed by atoms with Crippen LogP contribution in [0.2, 0.25) is 0 Å². The van der Waals surface area contributed by atoms with Gasteiger partial charge in [0.2, 0.25) is 0 Å². The number of ether oxygens (including phenoxy) is 1. The van der Waals surface area contributed by atoms with E-state index < -0.39 is 28.9 Å². The summed E-state index contributed by atoms with van der Waals surface area (Å²) < 4.78 is 33.3. The van der Waals surface area contributed by atoms with E-state index in [1.165, 1.54) is 19.2 Å². The Hall–Kier alpha value is -1.69. The molecular weight excluding hydrogens is 304 g/mol. The molecule has 0 saturated heterocycles.